The minimum atomic E-state index is -0.197. The Kier molecular flexibility index (Phi) is 3.29. The number of hydrogen-bond donors (Lipinski definition) is 2. The van der Waals surface area contributed by atoms with Crippen LogP contribution in [-0.4, -0.2) is 39.3 Å². The first kappa shape index (κ1) is 15.9. The molecule has 0 aromatic heterocycles. The number of piperidine rings is 1. The van der Waals surface area contributed by atoms with Crippen molar-refractivity contribution < 1.29 is 19.2 Å². The fourth-order valence-corrected chi connectivity index (χ4v) is 6.04. The lowest BCUT2D eigenvalue weighted by Crippen LogP contribution is -3.16. The van der Waals surface area contributed by atoms with E-state index in [0.29, 0.717) is 6.04 Å². The van der Waals surface area contributed by atoms with E-state index >= 15 is 0 Å². The first-order valence-electron chi connectivity index (χ1n) is 9.42. The molecule has 1 spiro atoms. The molecule has 2 fully saturated rings. The molecule has 0 saturated carbocycles. The largest absolute Gasteiger partial charge is 0.495 e. The second kappa shape index (κ2) is 5.36. The summed E-state index contributed by atoms with van der Waals surface area (Å²) in [7, 11) is 3.19. The summed E-state index contributed by atoms with van der Waals surface area (Å²) in [4.78, 5) is 14.5. The van der Waals surface area contributed by atoms with Crippen molar-refractivity contribution in [2.45, 2.75) is 31.2 Å². The number of benzene rings is 1. The Morgan fingerprint density at radius 1 is 1.38 bits per heavy atom. The highest BCUT2D eigenvalue weighted by molar-refractivity contribution is 5.94. The van der Waals surface area contributed by atoms with Gasteiger partial charge in [0.1, 0.15) is 11.8 Å². The molecule has 2 saturated heterocycles. The topological polar surface area (TPSA) is 52.0 Å². The molecule has 1 aliphatic carbocycles. The van der Waals surface area contributed by atoms with Gasteiger partial charge in [-0.15, -0.1) is 0 Å². The number of ether oxygens (including phenoxy) is 2. The van der Waals surface area contributed by atoms with E-state index in [1.165, 1.54) is 18.2 Å². The van der Waals surface area contributed by atoms with Crippen molar-refractivity contribution in [2.75, 3.05) is 32.6 Å². The van der Waals surface area contributed by atoms with Crippen molar-refractivity contribution in [1.82, 2.24) is 0 Å². The lowest BCUT2D eigenvalue weighted by atomic mass is 9.62. The van der Waals surface area contributed by atoms with Gasteiger partial charge in [-0.05, 0) is 24.1 Å². The van der Waals surface area contributed by atoms with Crippen LogP contribution < -0.4 is 15.0 Å². The summed E-state index contributed by atoms with van der Waals surface area (Å²) < 4.78 is 10.9. The van der Waals surface area contributed by atoms with Crippen LogP contribution in [0, 0.1) is 5.92 Å². The number of esters is 1. The maximum atomic E-state index is 12.9. The van der Waals surface area contributed by atoms with E-state index < -0.39 is 0 Å². The average Bonchev–Trinajstić information content (AvgIpc) is 3.23. The van der Waals surface area contributed by atoms with Crippen LogP contribution >= 0.6 is 0 Å². The highest BCUT2D eigenvalue weighted by atomic mass is 16.5. The smallest absolute Gasteiger partial charge is 0.336 e. The number of carbonyl (C=O) groups excluding carboxylic acids is 1. The second-order valence-corrected chi connectivity index (χ2v) is 7.80. The van der Waals surface area contributed by atoms with Crippen LogP contribution in [0.3, 0.4) is 0 Å². The number of fused-ring (bicyclic) bond motifs is 2. The minimum absolute atomic E-state index is 0.113. The number of rotatable bonds is 2. The van der Waals surface area contributed by atoms with Gasteiger partial charge in [-0.3, -0.25) is 0 Å². The Bertz CT molecular complexity index is 872. The van der Waals surface area contributed by atoms with Crippen molar-refractivity contribution in [1.29, 1.82) is 0 Å². The third-order valence-corrected chi connectivity index (χ3v) is 7.10. The van der Waals surface area contributed by atoms with Gasteiger partial charge in [0.25, 0.3) is 0 Å². The molecule has 5 nitrogen and oxygen atoms in total. The third-order valence-electron chi connectivity index (χ3n) is 7.10. The molecule has 5 rings (SSSR count). The number of methoxy groups -OCH3 is 2. The highest BCUT2D eigenvalue weighted by Gasteiger charge is 2.65. The van der Waals surface area contributed by atoms with E-state index in [9.17, 15) is 4.79 Å². The lowest BCUT2D eigenvalue weighted by molar-refractivity contribution is -0.914. The summed E-state index contributed by atoms with van der Waals surface area (Å²) in [5.74, 6) is 0.810. The summed E-state index contributed by atoms with van der Waals surface area (Å²) >= 11 is 0. The lowest BCUT2D eigenvalue weighted by Gasteiger charge is -2.45. The number of anilines is 1. The molecule has 136 valence electrons. The number of para-hydroxylation sites is 1. The molecule has 0 radical (unpaired) electrons. The van der Waals surface area contributed by atoms with Gasteiger partial charge in [-0.1, -0.05) is 18.2 Å². The van der Waals surface area contributed by atoms with E-state index in [-0.39, 0.29) is 17.3 Å². The SMILES string of the molecule is C/C=C1\C[NH+]2CC[C@@]34C(=C(C(=O)OC)[C@@H]1C[C@@H]23)Nc1c(OC)cccc14. The monoisotopic (exact) mass is 353 g/mol. The van der Waals surface area contributed by atoms with Crippen LogP contribution in [0.4, 0.5) is 5.69 Å². The molecule has 3 aliphatic heterocycles. The van der Waals surface area contributed by atoms with E-state index in [1.54, 1.807) is 12.0 Å². The predicted octanol–water partition coefficient (Wildman–Crippen LogP) is 1.42. The average molecular weight is 353 g/mol. The van der Waals surface area contributed by atoms with Crippen molar-refractivity contribution in [3.05, 3.63) is 46.7 Å². The van der Waals surface area contributed by atoms with Gasteiger partial charge in [-0.25, -0.2) is 4.79 Å². The van der Waals surface area contributed by atoms with E-state index in [2.05, 4.69) is 30.4 Å². The van der Waals surface area contributed by atoms with Gasteiger partial charge in [0.05, 0.1) is 44.0 Å². The van der Waals surface area contributed by atoms with Crippen molar-refractivity contribution >= 4 is 11.7 Å². The van der Waals surface area contributed by atoms with E-state index in [0.717, 1.165) is 48.6 Å². The molecular formula is C21H25N2O3+. The Hall–Kier alpha value is -2.27. The fourth-order valence-electron chi connectivity index (χ4n) is 6.04. The Balaban J connectivity index is 1.82. The quantitative estimate of drug-likeness (QED) is 0.624. The van der Waals surface area contributed by atoms with E-state index in [1.807, 2.05) is 6.07 Å². The molecule has 26 heavy (non-hydrogen) atoms. The van der Waals surface area contributed by atoms with Gasteiger partial charge in [0.15, 0.2) is 0 Å². The first-order valence-corrected chi connectivity index (χ1v) is 9.42. The zero-order valence-corrected chi connectivity index (χ0v) is 15.5. The third kappa shape index (κ3) is 1.72. The van der Waals surface area contributed by atoms with Gasteiger partial charge >= 0.3 is 5.97 Å². The number of carbonyl (C=O) groups is 1. The molecule has 1 unspecified atom stereocenters. The second-order valence-electron chi connectivity index (χ2n) is 7.80. The van der Waals surface area contributed by atoms with Crippen LogP contribution in [0.1, 0.15) is 25.3 Å². The molecule has 0 amide bonds. The molecule has 2 bridgehead atoms. The number of nitrogens with one attached hydrogen (secondary N) is 2. The first-order chi connectivity index (χ1) is 12.7. The fraction of sp³-hybridized carbons (Fsp3) is 0.476. The summed E-state index contributed by atoms with van der Waals surface area (Å²) in [6, 6.07) is 6.77. The van der Waals surface area contributed by atoms with Crippen LogP contribution in [0.2, 0.25) is 0 Å². The number of quaternary nitrogens is 1. The molecule has 2 N–H and O–H groups in total. The van der Waals surface area contributed by atoms with E-state index in [4.69, 9.17) is 9.47 Å². The van der Waals surface area contributed by atoms with Crippen LogP contribution in [-0.2, 0) is 14.9 Å². The molecule has 4 aliphatic rings. The van der Waals surface area contributed by atoms with Gasteiger partial charge in [0.2, 0.25) is 0 Å². The predicted molar refractivity (Wildman–Crippen MR) is 98.3 cm³/mol. The van der Waals surface area contributed by atoms with Crippen LogP contribution in [0.5, 0.6) is 5.75 Å². The molecule has 1 aromatic rings. The standard InChI is InChI=1S/C21H24N2O3/c1-4-12-11-23-9-8-21-14-6-5-7-15(25-2)18(14)22-19(21)17(20(24)26-3)13(12)10-16(21)23/h4-7,13,16,22H,8-11H2,1-3H3/p+1/b12-4+/t13-,16-,21+/m1/s1. The summed E-state index contributed by atoms with van der Waals surface area (Å²) in [6.07, 6.45) is 4.27. The molecule has 1 aromatic carbocycles. The number of hydrogen-bond acceptors (Lipinski definition) is 4. The van der Waals surface area contributed by atoms with Gasteiger partial charge in [0, 0.05) is 24.5 Å². The van der Waals surface area contributed by atoms with Crippen LogP contribution in [0.25, 0.3) is 0 Å². The van der Waals surface area contributed by atoms with Crippen molar-refractivity contribution in [2.24, 2.45) is 5.92 Å². The van der Waals surface area contributed by atoms with Gasteiger partial charge < -0.3 is 19.7 Å². The maximum absolute atomic E-state index is 12.9. The Morgan fingerprint density at radius 3 is 2.96 bits per heavy atom. The normalized spacial score (nSPS) is 35.0. The number of allylic oxidation sites excluding steroid dienone is 1. The molecule has 5 heteroatoms. The zero-order chi connectivity index (χ0) is 18.1. The molecule has 3 heterocycles. The Morgan fingerprint density at radius 2 is 2.23 bits per heavy atom. The molecular weight excluding hydrogens is 328 g/mol. The highest BCUT2D eigenvalue weighted by Crippen LogP contribution is 2.58. The maximum Gasteiger partial charge on any atom is 0.336 e. The minimum Gasteiger partial charge on any atom is -0.495 e. The van der Waals surface area contributed by atoms with Crippen molar-refractivity contribution in [3.63, 3.8) is 0 Å². The zero-order valence-electron chi connectivity index (χ0n) is 15.5. The summed E-state index contributed by atoms with van der Waals surface area (Å²) in [5, 5.41) is 3.63. The summed E-state index contributed by atoms with van der Waals surface area (Å²) in [5.41, 5.74) is 5.47. The van der Waals surface area contributed by atoms with Crippen LogP contribution in [0.15, 0.2) is 41.1 Å². The Labute approximate surface area is 153 Å². The van der Waals surface area contributed by atoms with Gasteiger partial charge in [-0.2, -0.15) is 0 Å². The summed E-state index contributed by atoms with van der Waals surface area (Å²) in [6.45, 7) is 4.25. The molecule has 4 atom stereocenters. The van der Waals surface area contributed by atoms with Crippen molar-refractivity contribution in [3.8, 4) is 5.75 Å².